The largest absolute Gasteiger partial charge is 0.497 e. The third kappa shape index (κ3) is 6.77. The minimum Gasteiger partial charge on any atom is -0.497 e. The number of piperazine rings is 1. The molecule has 1 saturated heterocycles. The molecule has 0 aliphatic carbocycles. The summed E-state index contributed by atoms with van der Waals surface area (Å²) in [6, 6.07) is 24.0. The predicted octanol–water partition coefficient (Wildman–Crippen LogP) is 5.43. The van der Waals surface area contributed by atoms with E-state index in [4.69, 9.17) is 14.2 Å². The number of amides is 1. The van der Waals surface area contributed by atoms with Crippen molar-refractivity contribution < 1.29 is 19.0 Å². The third-order valence-electron chi connectivity index (χ3n) is 6.47. The molecule has 4 rings (SSSR count). The third-order valence-corrected chi connectivity index (χ3v) is 6.47. The maximum Gasteiger partial charge on any atom is 0.223 e. The molecule has 194 valence electrons. The standard InChI is InChI=1S/C28H32N2O4.2ClH/c1-32-23-12-8-21(9-13-23)25(22-10-14-24(33-2)15-11-22)20-28(31)30-18-16-29(17-19-30)26-6-4-5-7-27(26)34-3;;/h4-15,25H,16-20H2,1-3H3;2*1H. The number of halogens is 2. The summed E-state index contributed by atoms with van der Waals surface area (Å²) in [6.45, 7) is 2.94. The fraction of sp³-hybridized carbons (Fsp3) is 0.321. The van der Waals surface area contributed by atoms with Gasteiger partial charge in [-0.2, -0.15) is 0 Å². The van der Waals surface area contributed by atoms with Crippen LogP contribution in [0.25, 0.3) is 0 Å². The van der Waals surface area contributed by atoms with Crippen LogP contribution in [-0.2, 0) is 4.79 Å². The molecule has 8 heteroatoms. The van der Waals surface area contributed by atoms with Crippen molar-refractivity contribution in [3.63, 3.8) is 0 Å². The van der Waals surface area contributed by atoms with Gasteiger partial charge < -0.3 is 24.0 Å². The Morgan fingerprint density at radius 2 is 1.22 bits per heavy atom. The van der Waals surface area contributed by atoms with Gasteiger partial charge in [0.05, 0.1) is 27.0 Å². The molecule has 1 aliphatic rings. The lowest BCUT2D eigenvalue weighted by molar-refractivity contribution is -0.131. The average molecular weight is 533 g/mol. The molecule has 0 unspecified atom stereocenters. The number of carbonyl (C=O) groups is 1. The lowest BCUT2D eigenvalue weighted by Gasteiger charge is -2.37. The van der Waals surface area contributed by atoms with Crippen LogP contribution >= 0.6 is 24.8 Å². The van der Waals surface area contributed by atoms with Gasteiger partial charge in [-0.05, 0) is 47.5 Å². The highest BCUT2D eigenvalue weighted by molar-refractivity contribution is 5.85. The lowest BCUT2D eigenvalue weighted by atomic mass is 9.88. The number of anilines is 1. The molecule has 0 aromatic heterocycles. The maximum absolute atomic E-state index is 13.4. The Balaban J connectivity index is 0.00000228. The minimum absolute atomic E-state index is 0. The van der Waals surface area contributed by atoms with Crippen molar-refractivity contribution in [3.05, 3.63) is 83.9 Å². The number of benzene rings is 3. The minimum atomic E-state index is -0.0449. The molecule has 0 bridgehead atoms. The molecular formula is C28H34Cl2N2O4. The van der Waals surface area contributed by atoms with E-state index in [1.807, 2.05) is 71.6 Å². The van der Waals surface area contributed by atoms with Gasteiger partial charge in [-0.25, -0.2) is 0 Å². The Bertz CT molecular complexity index is 1040. The van der Waals surface area contributed by atoms with Crippen molar-refractivity contribution in [2.45, 2.75) is 12.3 Å². The smallest absolute Gasteiger partial charge is 0.223 e. The van der Waals surface area contributed by atoms with Crippen molar-refractivity contribution in [3.8, 4) is 17.2 Å². The van der Waals surface area contributed by atoms with Crippen molar-refractivity contribution >= 4 is 36.4 Å². The zero-order valence-electron chi connectivity index (χ0n) is 20.9. The molecule has 3 aromatic rings. The van der Waals surface area contributed by atoms with Gasteiger partial charge >= 0.3 is 0 Å². The summed E-state index contributed by atoms with van der Waals surface area (Å²) in [5.74, 6) is 2.58. The highest BCUT2D eigenvalue weighted by Crippen LogP contribution is 2.32. The normalized spacial score (nSPS) is 12.9. The first-order valence-electron chi connectivity index (χ1n) is 11.6. The van der Waals surface area contributed by atoms with Crippen molar-refractivity contribution in [2.75, 3.05) is 52.4 Å². The van der Waals surface area contributed by atoms with E-state index in [2.05, 4.69) is 11.0 Å². The van der Waals surface area contributed by atoms with Gasteiger partial charge in [0, 0.05) is 38.5 Å². The molecule has 1 heterocycles. The first-order chi connectivity index (χ1) is 16.6. The predicted molar refractivity (Wildman–Crippen MR) is 149 cm³/mol. The van der Waals surface area contributed by atoms with Crippen LogP contribution in [0.4, 0.5) is 5.69 Å². The van der Waals surface area contributed by atoms with Gasteiger partial charge in [0.15, 0.2) is 0 Å². The number of nitrogens with zero attached hydrogens (tertiary/aromatic N) is 2. The fourth-order valence-electron chi connectivity index (χ4n) is 4.49. The number of para-hydroxylation sites is 2. The first-order valence-corrected chi connectivity index (χ1v) is 11.6. The fourth-order valence-corrected chi connectivity index (χ4v) is 4.49. The Kier molecular flexibility index (Phi) is 11.2. The monoisotopic (exact) mass is 532 g/mol. The van der Waals surface area contributed by atoms with Crippen LogP contribution in [0.5, 0.6) is 17.2 Å². The van der Waals surface area contributed by atoms with Gasteiger partial charge in [-0.3, -0.25) is 4.79 Å². The van der Waals surface area contributed by atoms with Crippen LogP contribution in [0.1, 0.15) is 23.5 Å². The van der Waals surface area contributed by atoms with Gasteiger partial charge in [-0.1, -0.05) is 36.4 Å². The maximum atomic E-state index is 13.4. The van der Waals surface area contributed by atoms with E-state index < -0.39 is 0 Å². The van der Waals surface area contributed by atoms with Crippen molar-refractivity contribution in [1.82, 2.24) is 4.90 Å². The number of rotatable bonds is 8. The molecule has 3 aromatic carbocycles. The van der Waals surface area contributed by atoms with Gasteiger partial charge in [0.1, 0.15) is 17.2 Å². The summed E-state index contributed by atoms with van der Waals surface area (Å²) in [4.78, 5) is 17.7. The quantitative estimate of drug-likeness (QED) is 0.387. The lowest BCUT2D eigenvalue weighted by Crippen LogP contribution is -2.49. The molecule has 36 heavy (non-hydrogen) atoms. The molecule has 1 aliphatic heterocycles. The zero-order valence-corrected chi connectivity index (χ0v) is 22.5. The van der Waals surface area contributed by atoms with E-state index in [0.717, 1.165) is 47.2 Å². The molecule has 1 amide bonds. The Labute approximate surface area is 226 Å². The molecule has 0 N–H and O–H groups in total. The van der Waals surface area contributed by atoms with Crippen molar-refractivity contribution in [1.29, 1.82) is 0 Å². The number of ether oxygens (including phenoxy) is 3. The summed E-state index contributed by atoms with van der Waals surface area (Å²) in [6.07, 6.45) is 0.410. The molecule has 0 saturated carbocycles. The van der Waals surface area contributed by atoms with Crippen LogP contribution in [0.3, 0.4) is 0 Å². The van der Waals surface area contributed by atoms with E-state index in [1.54, 1.807) is 21.3 Å². The van der Waals surface area contributed by atoms with E-state index in [9.17, 15) is 4.79 Å². The van der Waals surface area contributed by atoms with E-state index in [-0.39, 0.29) is 36.6 Å². The number of hydrogen-bond acceptors (Lipinski definition) is 5. The van der Waals surface area contributed by atoms with Crippen LogP contribution in [0, 0.1) is 0 Å². The summed E-state index contributed by atoms with van der Waals surface area (Å²) in [5, 5.41) is 0. The summed E-state index contributed by atoms with van der Waals surface area (Å²) in [5.41, 5.74) is 3.25. The summed E-state index contributed by atoms with van der Waals surface area (Å²) in [7, 11) is 5.01. The average Bonchev–Trinajstić information content (AvgIpc) is 2.92. The van der Waals surface area contributed by atoms with E-state index >= 15 is 0 Å². The van der Waals surface area contributed by atoms with E-state index in [0.29, 0.717) is 19.5 Å². The number of hydrogen-bond donors (Lipinski definition) is 0. The molecule has 6 nitrogen and oxygen atoms in total. The van der Waals surface area contributed by atoms with Crippen LogP contribution in [0.2, 0.25) is 0 Å². The molecular weight excluding hydrogens is 499 g/mol. The topological polar surface area (TPSA) is 51.2 Å². The molecule has 0 spiro atoms. The second-order valence-electron chi connectivity index (χ2n) is 8.34. The number of carbonyl (C=O) groups excluding carboxylic acids is 1. The highest BCUT2D eigenvalue weighted by Gasteiger charge is 2.26. The molecule has 0 atom stereocenters. The van der Waals surface area contributed by atoms with Gasteiger partial charge in [0.25, 0.3) is 0 Å². The SMILES string of the molecule is COc1ccc(C(CC(=O)N2CCN(c3ccccc3OC)CC2)c2ccc(OC)cc2)cc1.Cl.Cl. The molecule has 0 radical (unpaired) electrons. The van der Waals surface area contributed by atoms with Gasteiger partial charge in [0.2, 0.25) is 5.91 Å². The van der Waals surface area contributed by atoms with Crippen LogP contribution in [0.15, 0.2) is 72.8 Å². The van der Waals surface area contributed by atoms with Crippen molar-refractivity contribution in [2.24, 2.45) is 0 Å². The highest BCUT2D eigenvalue weighted by atomic mass is 35.5. The second-order valence-corrected chi connectivity index (χ2v) is 8.34. The summed E-state index contributed by atoms with van der Waals surface area (Å²) < 4.78 is 16.2. The molecule has 1 fully saturated rings. The first kappa shape index (κ1) is 29.1. The second kappa shape index (κ2) is 13.9. The summed E-state index contributed by atoms with van der Waals surface area (Å²) >= 11 is 0. The zero-order chi connectivity index (χ0) is 23.9. The van der Waals surface area contributed by atoms with Crippen LogP contribution in [-0.4, -0.2) is 58.3 Å². The van der Waals surface area contributed by atoms with Gasteiger partial charge in [-0.15, -0.1) is 24.8 Å². The Morgan fingerprint density at radius 1 is 0.722 bits per heavy atom. The van der Waals surface area contributed by atoms with Crippen LogP contribution < -0.4 is 19.1 Å². The Hall–Kier alpha value is -3.09. The number of methoxy groups -OCH3 is 3. The Morgan fingerprint density at radius 3 is 1.69 bits per heavy atom. The van der Waals surface area contributed by atoms with E-state index in [1.165, 1.54) is 0 Å².